The summed E-state index contributed by atoms with van der Waals surface area (Å²) in [5.41, 5.74) is 4.87. The number of rotatable bonds is 6. The number of aryl methyl sites for hydroxylation is 1. The van der Waals surface area contributed by atoms with Crippen LogP contribution in [0.15, 0.2) is 82.3 Å². The molecule has 6 nitrogen and oxygen atoms in total. The van der Waals surface area contributed by atoms with Gasteiger partial charge in [0.2, 0.25) is 5.82 Å². The summed E-state index contributed by atoms with van der Waals surface area (Å²) < 4.78 is 5.74. The minimum atomic E-state index is -0.382. The highest BCUT2D eigenvalue weighted by Crippen LogP contribution is 2.38. The van der Waals surface area contributed by atoms with E-state index in [2.05, 4.69) is 41.7 Å². The number of benzene rings is 2. The Bertz CT molecular complexity index is 1280. The molecule has 3 heterocycles. The number of nitrogens with one attached hydrogen (secondary N) is 1. The maximum absolute atomic E-state index is 13.2. The van der Waals surface area contributed by atoms with Gasteiger partial charge in [0.1, 0.15) is 0 Å². The fraction of sp³-hybridized carbons (Fsp3) is 0.192. The van der Waals surface area contributed by atoms with Crippen LogP contribution in [0.4, 0.5) is 4.79 Å². The molecular weight excluding hydrogens is 432 g/mol. The summed E-state index contributed by atoms with van der Waals surface area (Å²) in [6.45, 7) is 4.52. The highest BCUT2D eigenvalue weighted by atomic mass is 32.1. The van der Waals surface area contributed by atoms with Gasteiger partial charge in [0.25, 0.3) is 5.89 Å². The Morgan fingerprint density at radius 3 is 2.52 bits per heavy atom. The Labute approximate surface area is 196 Å². The van der Waals surface area contributed by atoms with E-state index in [0.29, 0.717) is 18.3 Å². The average Bonchev–Trinajstić information content (AvgIpc) is 3.54. The molecule has 1 aliphatic rings. The van der Waals surface area contributed by atoms with Crippen molar-refractivity contribution in [2.75, 3.05) is 0 Å². The minimum Gasteiger partial charge on any atom is -0.334 e. The molecule has 2 aromatic heterocycles. The molecule has 0 bridgehead atoms. The van der Waals surface area contributed by atoms with Crippen LogP contribution < -0.4 is 5.32 Å². The fourth-order valence-electron chi connectivity index (χ4n) is 4.05. The molecular formula is C26H24N4O2S. The topological polar surface area (TPSA) is 71.3 Å². The van der Waals surface area contributed by atoms with Crippen molar-refractivity contribution < 1.29 is 9.32 Å². The molecule has 1 unspecified atom stereocenters. The molecule has 0 fully saturated rings. The summed E-state index contributed by atoms with van der Waals surface area (Å²) in [5.74, 6) is 0.963. The van der Waals surface area contributed by atoms with Crippen LogP contribution in [-0.2, 0) is 13.0 Å². The smallest absolute Gasteiger partial charge is 0.322 e. The normalized spacial score (nSPS) is 16.2. The lowest BCUT2D eigenvalue weighted by atomic mass is 9.93. The van der Waals surface area contributed by atoms with Crippen molar-refractivity contribution in [1.29, 1.82) is 0 Å². The largest absolute Gasteiger partial charge is 0.334 e. The monoisotopic (exact) mass is 456 g/mol. The molecule has 1 N–H and O–H groups in total. The second-order valence-corrected chi connectivity index (χ2v) is 8.90. The second-order valence-electron chi connectivity index (χ2n) is 7.95. The van der Waals surface area contributed by atoms with E-state index in [-0.39, 0.29) is 12.1 Å². The molecule has 2 aromatic carbocycles. The molecule has 0 aliphatic carbocycles. The lowest BCUT2D eigenvalue weighted by Gasteiger charge is -2.35. The number of nitrogens with zero attached hydrogens (tertiary/aromatic N) is 3. The molecule has 5 rings (SSSR count). The van der Waals surface area contributed by atoms with E-state index < -0.39 is 0 Å². The molecule has 0 saturated heterocycles. The van der Waals surface area contributed by atoms with E-state index in [0.717, 1.165) is 33.7 Å². The molecule has 0 spiro atoms. The van der Waals surface area contributed by atoms with Crippen molar-refractivity contribution in [2.45, 2.75) is 32.9 Å². The highest BCUT2D eigenvalue weighted by Gasteiger charge is 2.35. The van der Waals surface area contributed by atoms with Gasteiger partial charge in [-0.25, -0.2) is 4.79 Å². The van der Waals surface area contributed by atoms with Crippen LogP contribution in [0.2, 0.25) is 0 Å². The van der Waals surface area contributed by atoms with E-state index in [9.17, 15) is 4.79 Å². The van der Waals surface area contributed by atoms with Crippen LogP contribution in [0, 0.1) is 0 Å². The molecule has 1 atom stereocenters. The standard InChI is InChI=1S/C26H24N4O2S/c1-3-18-11-13-20(14-12-18)23-22(25-28-24(29-32-25)21-10-7-15-33-21)17(2)30(26(31)27-23)16-19-8-5-4-6-9-19/h4-15,23H,3,16H2,1-2H3,(H,27,31). The predicted molar refractivity (Wildman–Crippen MR) is 129 cm³/mol. The van der Waals surface area contributed by atoms with Gasteiger partial charge in [0.15, 0.2) is 0 Å². The third-order valence-electron chi connectivity index (χ3n) is 5.90. The van der Waals surface area contributed by atoms with Crippen LogP contribution in [-0.4, -0.2) is 21.1 Å². The Balaban J connectivity index is 1.59. The van der Waals surface area contributed by atoms with Crippen molar-refractivity contribution in [3.8, 4) is 10.7 Å². The van der Waals surface area contributed by atoms with Crippen molar-refractivity contribution in [3.63, 3.8) is 0 Å². The first kappa shape index (κ1) is 21.2. The Kier molecular flexibility index (Phi) is 5.79. The number of carbonyl (C=O) groups is 1. The van der Waals surface area contributed by atoms with Crippen LogP contribution in [0.25, 0.3) is 16.3 Å². The van der Waals surface area contributed by atoms with Gasteiger partial charge < -0.3 is 9.84 Å². The number of urea groups is 1. The van der Waals surface area contributed by atoms with E-state index >= 15 is 0 Å². The van der Waals surface area contributed by atoms with Gasteiger partial charge >= 0.3 is 6.03 Å². The first-order valence-corrected chi connectivity index (χ1v) is 11.8. The molecule has 0 radical (unpaired) electrons. The number of hydrogen-bond acceptors (Lipinski definition) is 5. The Morgan fingerprint density at radius 1 is 1.03 bits per heavy atom. The van der Waals surface area contributed by atoms with Crippen molar-refractivity contribution >= 4 is 22.9 Å². The number of thiophene rings is 1. The minimum absolute atomic E-state index is 0.150. The Hall–Kier alpha value is -3.71. The van der Waals surface area contributed by atoms with E-state index in [1.807, 2.05) is 54.8 Å². The van der Waals surface area contributed by atoms with E-state index in [4.69, 9.17) is 9.51 Å². The lowest BCUT2D eigenvalue weighted by molar-refractivity contribution is 0.203. The maximum atomic E-state index is 13.2. The lowest BCUT2D eigenvalue weighted by Crippen LogP contribution is -2.45. The average molecular weight is 457 g/mol. The third-order valence-corrected chi connectivity index (χ3v) is 6.76. The van der Waals surface area contributed by atoms with Crippen LogP contribution in [0.5, 0.6) is 0 Å². The predicted octanol–water partition coefficient (Wildman–Crippen LogP) is 6.06. The van der Waals surface area contributed by atoms with Crippen molar-refractivity contribution in [2.24, 2.45) is 0 Å². The van der Waals surface area contributed by atoms with Gasteiger partial charge in [-0.2, -0.15) is 4.98 Å². The number of allylic oxidation sites excluding steroid dienone is 1. The number of amides is 2. The molecule has 7 heteroatoms. The summed E-state index contributed by atoms with van der Waals surface area (Å²) >= 11 is 1.56. The van der Waals surface area contributed by atoms with Crippen LogP contribution >= 0.6 is 11.3 Å². The molecule has 2 amide bonds. The number of carbonyl (C=O) groups excluding carboxylic acids is 1. The van der Waals surface area contributed by atoms with Gasteiger partial charge in [-0.05, 0) is 41.5 Å². The van der Waals surface area contributed by atoms with Gasteiger partial charge in [-0.15, -0.1) is 11.3 Å². The maximum Gasteiger partial charge on any atom is 0.322 e. The summed E-state index contributed by atoms with van der Waals surface area (Å²) in [5, 5.41) is 9.36. The van der Waals surface area contributed by atoms with Crippen molar-refractivity contribution in [3.05, 3.63) is 100 Å². The van der Waals surface area contributed by atoms with Crippen LogP contribution in [0.3, 0.4) is 0 Å². The SMILES string of the molecule is CCc1ccc(C2NC(=O)N(Cc3ccccc3)C(C)=C2c2nc(-c3cccs3)no2)cc1. The second kappa shape index (κ2) is 9.03. The molecule has 4 aromatic rings. The summed E-state index contributed by atoms with van der Waals surface area (Å²) in [4.78, 5) is 20.6. The van der Waals surface area contributed by atoms with E-state index in [1.54, 1.807) is 16.2 Å². The van der Waals surface area contributed by atoms with Gasteiger partial charge in [0.05, 0.1) is 23.0 Å². The molecule has 1 aliphatic heterocycles. The fourth-order valence-corrected chi connectivity index (χ4v) is 4.70. The van der Waals surface area contributed by atoms with Crippen LogP contribution in [0.1, 0.15) is 42.5 Å². The van der Waals surface area contributed by atoms with Gasteiger partial charge in [0, 0.05) is 5.70 Å². The Morgan fingerprint density at radius 2 is 1.82 bits per heavy atom. The zero-order chi connectivity index (χ0) is 22.8. The van der Waals surface area contributed by atoms with E-state index in [1.165, 1.54) is 5.56 Å². The first-order valence-electron chi connectivity index (χ1n) is 10.9. The first-order chi connectivity index (χ1) is 16.1. The summed E-state index contributed by atoms with van der Waals surface area (Å²) in [6, 6.07) is 21.6. The summed E-state index contributed by atoms with van der Waals surface area (Å²) in [7, 11) is 0. The molecule has 33 heavy (non-hydrogen) atoms. The summed E-state index contributed by atoms with van der Waals surface area (Å²) in [6.07, 6.45) is 0.956. The quantitative estimate of drug-likeness (QED) is 0.383. The highest BCUT2D eigenvalue weighted by molar-refractivity contribution is 7.13. The zero-order valence-electron chi connectivity index (χ0n) is 18.5. The number of aromatic nitrogens is 2. The molecule has 166 valence electrons. The zero-order valence-corrected chi connectivity index (χ0v) is 19.3. The molecule has 0 saturated carbocycles. The number of hydrogen-bond donors (Lipinski definition) is 1. The van der Waals surface area contributed by atoms with Gasteiger partial charge in [-0.3, -0.25) is 4.90 Å². The van der Waals surface area contributed by atoms with Gasteiger partial charge in [-0.1, -0.05) is 72.7 Å². The third kappa shape index (κ3) is 4.19. The van der Waals surface area contributed by atoms with Crippen molar-refractivity contribution in [1.82, 2.24) is 20.4 Å².